The summed E-state index contributed by atoms with van der Waals surface area (Å²) in [5, 5.41) is 1.05. The fourth-order valence-electron chi connectivity index (χ4n) is 0.947. The first-order chi connectivity index (χ1) is 6.96. The van der Waals surface area contributed by atoms with E-state index in [0.29, 0.717) is 28.9 Å². The van der Waals surface area contributed by atoms with Crippen molar-refractivity contribution in [3.63, 3.8) is 0 Å². The Labute approximate surface area is 100 Å². The molecule has 0 amide bonds. The van der Waals surface area contributed by atoms with Crippen LogP contribution in [0.4, 0.5) is 0 Å². The minimum Gasteiger partial charge on any atom is -0.490 e. The molecule has 0 saturated carbocycles. The molecular formula is C11H15Cl2NO. The average molecular weight is 248 g/mol. The topological polar surface area (TPSA) is 35.2 Å². The van der Waals surface area contributed by atoms with Gasteiger partial charge in [0.1, 0.15) is 0 Å². The standard InChI is InChI=1S/C11H15Cl2NO/c1-11(2,6-14)7-15-10-8(12)4-3-5-9(10)13/h3-5H,6-7,14H2,1-2H3. The third-order valence-corrected chi connectivity index (χ3v) is 2.67. The highest BCUT2D eigenvalue weighted by molar-refractivity contribution is 6.37. The number of halogens is 2. The fraction of sp³-hybridized carbons (Fsp3) is 0.455. The van der Waals surface area contributed by atoms with Crippen LogP contribution in [0, 0.1) is 5.41 Å². The van der Waals surface area contributed by atoms with Crippen molar-refractivity contribution in [2.45, 2.75) is 13.8 Å². The van der Waals surface area contributed by atoms with E-state index in [1.165, 1.54) is 0 Å². The first kappa shape index (κ1) is 12.6. The second kappa shape index (κ2) is 5.06. The van der Waals surface area contributed by atoms with E-state index in [1.807, 2.05) is 13.8 Å². The van der Waals surface area contributed by atoms with Gasteiger partial charge < -0.3 is 10.5 Å². The molecule has 15 heavy (non-hydrogen) atoms. The summed E-state index contributed by atoms with van der Waals surface area (Å²) in [6, 6.07) is 5.28. The summed E-state index contributed by atoms with van der Waals surface area (Å²) in [5.74, 6) is 0.530. The van der Waals surface area contributed by atoms with Crippen molar-refractivity contribution >= 4 is 23.2 Å². The van der Waals surface area contributed by atoms with Crippen molar-refractivity contribution in [2.24, 2.45) is 11.1 Å². The van der Waals surface area contributed by atoms with Crippen LogP contribution in [0.2, 0.25) is 10.0 Å². The molecule has 4 heteroatoms. The largest absolute Gasteiger partial charge is 0.490 e. The number of rotatable bonds is 4. The predicted octanol–water partition coefficient (Wildman–Crippen LogP) is 3.36. The van der Waals surface area contributed by atoms with Crippen LogP contribution in [0.1, 0.15) is 13.8 Å². The monoisotopic (exact) mass is 247 g/mol. The Hall–Kier alpha value is -0.440. The molecule has 2 N–H and O–H groups in total. The van der Waals surface area contributed by atoms with Gasteiger partial charge in [-0.05, 0) is 12.1 Å². The van der Waals surface area contributed by atoms with Crippen LogP contribution >= 0.6 is 23.2 Å². The van der Waals surface area contributed by atoms with E-state index in [-0.39, 0.29) is 5.41 Å². The second-order valence-corrected chi connectivity index (χ2v) is 5.02. The van der Waals surface area contributed by atoms with Gasteiger partial charge >= 0.3 is 0 Å². The van der Waals surface area contributed by atoms with Gasteiger partial charge in [-0.25, -0.2) is 0 Å². The van der Waals surface area contributed by atoms with Gasteiger partial charge in [0.05, 0.1) is 16.7 Å². The molecule has 0 fully saturated rings. The molecule has 0 heterocycles. The number of ether oxygens (including phenoxy) is 1. The van der Waals surface area contributed by atoms with Crippen LogP contribution in [0.5, 0.6) is 5.75 Å². The van der Waals surface area contributed by atoms with Crippen LogP contribution in [0.15, 0.2) is 18.2 Å². The molecule has 0 aliphatic rings. The van der Waals surface area contributed by atoms with Gasteiger partial charge in [0.25, 0.3) is 0 Å². The van der Waals surface area contributed by atoms with Gasteiger partial charge in [-0.15, -0.1) is 0 Å². The zero-order valence-corrected chi connectivity index (χ0v) is 10.4. The summed E-state index contributed by atoms with van der Waals surface area (Å²) in [7, 11) is 0. The van der Waals surface area contributed by atoms with Crippen LogP contribution in [0.3, 0.4) is 0 Å². The van der Waals surface area contributed by atoms with E-state index in [9.17, 15) is 0 Å². The van der Waals surface area contributed by atoms with E-state index >= 15 is 0 Å². The van der Waals surface area contributed by atoms with Gasteiger partial charge in [0.15, 0.2) is 5.75 Å². The number of hydrogen-bond donors (Lipinski definition) is 1. The molecule has 1 rings (SSSR count). The number of nitrogens with two attached hydrogens (primary N) is 1. The smallest absolute Gasteiger partial charge is 0.156 e. The first-order valence-corrected chi connectivity index (χ1v) is 5.49. The van der Waals surface area contributed by atoms with Crippen LogP contribution in [-0.2, 0) is 0 Å². The SMILES string of the molecule is CC(C)(CN)COc1c(Cl)cccc1Cl. The summed E-state index contributed by atoms with van der Waals surface area (Å²) in [6.45, 7) is 5.09. The minimum absolute atomic E-state index is 0.0809. The number of hydrogen-bond acceptors (Lipinski definition) is 2. The lowest BCUT2D eigenvalue weighted by Gasteiger charge is -2.23. The zero-order chi connectivity index (χ0) is 11.5. The highest BCUT2D eigenvalue weighted by Gasteiger charge is 2.18. The van der Waals surface area contributed by atoms with Crippen molar-refractivity contribution in [3.8, 4) is 5.75 Å². The zero-order valence-electron chi connectivity index (χ0n) is 8.89. The highest BCUT2D eigenvalue weighted by Crippen LogP contribution is 2.33. The molecule has 1 aromatic rings. The fourth-order valence-corrected chi connectivity index (χ4v) is 1.45. The lowest BCUT2D eigenvalue weighted by Crippen LogP contribution is -2.30. The van der Waals surface area contributed by atoms with E-state index in [1.54, 1.807) is 18.2 Å². The van der Waals surface area contributed by atoms with Crippen molar-refractivity contribution in [1.29, 1.82) is 0 Å². The van der Waals surface area contributed by atoms with E-state index < -0.39 is 0 Å². The molecule has 84 valence electrons. The minimum atomic E-state index is -0.0809. The van der Waals surface area contributed by atoms with Crippen molar-refractivity contribution in [3.05, 3.63) is 28.2 Å². The summed E-state index contributed by atoms with van der Waals surface area (Å²) in [4.78, 5) is 0. The number of benzene rings is 1. The molecular weight excluding hydrogens is 233 g/mol. The number of para-hydroxylation sites is 1. The molecule has 0 radical (unpaired) electrons. The van der Waals surface area contributed by atoms with E-state index in [0.717, 1.165) is 0 Å². The van der Waals surface area contributed by atoms with Crippen LogP contribution < -0.4 is 10.5 Å². The third-order valence-electron chi connectivity index (χ3n) is 2.08. The molecule has 0 bridgehead atoms. The average Bonchev–Trinajstić information content (AvgIpc) is 2.17. The molecule has 2 nitrogen and oxygen atoms in total. The molecule has 0 atom stereocenters. The molecule has 1 aromatic carbocycles. The van der Waals surface area contributed by atoms with Crippen molar-refractivity contribution in [2.75, 3.05) is 13.2 Å². The lowest BCUT2D eigenvalue weighted by molar-refractivity contribution is 0.187. The summed E-state index contributed by atoms with van der Waals surface area (Å²) < 4.78 is 5.58. The van der Waals surface area contributed by atoms with Gasteiger partial charge in [-0.2, -0.15) is 0 Å². The maximum atomic E-state index is 5.96. The quantitative estimate of drug-likeness (QED) is 0.886. The van der Waals surface area contributed by atoms with Crippen LogP contribution in [-0.4, -0.2) is 13.2 Å². The van der Waals surface area contributed by atoms with Gasteiger partial charge in [0.2, 0.25) is 0 Å². The molecule has 0 aliphatic carbocycles. The van der Waals surface area contributed by atoms with E-state index in [4.69, 9.17) is 33.7 Å². The molecule has 0 spiro atoms. The molecule has 0 saturated heterocycles. The maximum Gasteiger partial charge on any atom is 0.156 e. The van der Waals surface area contributed by atoms with Gasteiger partial charge in [-0.3, -0.25) is 0 Å². The Morgan fingerprint density at radius 3 is 2.27 bits per heavy atom. The van der Waals surface area contributed by atoms with Gasteiger partial charge in [0, 0.05) is 12.0 Å². The summed E-state index contributed by atoms with van der Waals surface area (Å²) in [5.41, 5.74) is 5.52. The lowest BCUT2D eigenvalue weighted by atomic mass is 9.95. The Morgan fingerprint density at radius 2 is 1.80 bits per heavy atom. The Bertz CT molecular complexity index is 319. The first-order valence-electron chi connectivity index (χ1n) is 4.73. The third kappa shape index (κ3) is 3.56. The molecule has 0 aromatic heterocycles. The molecule has 0 aliphatic heterocycles. The van der Waals surface area contributed by atoms with Gasteiger partial charge in [-0.1, -0.05) is 43.1 Å². The maximum absolute atomic E-state index is 5.96. The predicted molar refractivity (Wildman–Crippen MR) is 64.8 cm³/mol. The Kier molecular flexibility index (Phi) is 4.26. The van der Waals surface area contributed by atoms with Crippen LogP contribution in [0.25, 0.3) is 0 Å². The van der Waals surface area contributed by atoms with Crippen molar-refractivity contribution in [1.82, 2.24) is 0 Å². The summed E-state index contributed by atoms with van der Waals surface area (Å²) >= 11 is 11.9. The van der Waals surface area contributed by atoms with Crippen molar-refractivity contribution < 1.29 is 4.74 Å². The van der Waals surface area contributed by atoms with E-state index in [2.05, 4.69) is 0 Å². The molecule has 0 unspecified atom stereocenters. The normalized spacial score (nSPS) is 11.5. The Balaban J connectivity index is 2.73. The Morgan fingerprint density at radius 1 is 1.27 bits per heavy atom. The summed E-state index contributed by atoms with van der Waals surface area (Å²) in [6.07, 6.45) is 0. The second-order valence-electron chi connectivity index (χ2n) is 4.21. The highest BCUT2D eigenvalue weighted by atomic mass is 35.5.